The van der Waals surface area contributed by atoms with E-state index in [9.17, 15) is 30.2 Å². The Hall–Kier alpha value is -1.58. The van der Waals surface area contributed by atoms with Gasteiger partial charge in [0.25, 0.3) is 0 Å². The van der Waals surface area contributed by atoms with Gasteiger partial charge in [0.15, 0.2) is 0 Å². The topological polar surface area (TPSA) is 115 Å². The number of benzene rings is 2. The third kappa shape index (κ3) is 4.70. The number of fused-ring (bicyclic) bond motifs is 2. The van der Waals surface area contributed by atoms with Crippen molar-refractivity contribution in [3.05, 3.63) is 53.7 Å². The van der Waals surface area contributed by atoms with E-state index in [0.717, 1.165) is 28.8 Å². The van der Waals surface area contributed by atoms with Crippen molar-refractivity contribution < 1.29 is 39.5 Å². The Kier molecular flexibility index (Phi) is 7.00. The molecule has 0 amide bonds. The van der Waals surface area contributed by atoms with Gasteiger partial charge in [-0.15, -0.1) is 0 Å². The fraction of sp³-hybridized carbons (Fsp3) is 0.429. The van der Waals surface area contributed by atoms with Crippen LogP contribution < -0.4 is 0 Å². The molecule has 2 heterocycles. The van der Waals surface area contributed by atoms with Gasteiger partial charge in [-0.3, -0.25) is 0 Å². The Labute approximate surface area is 230 Å². The summed E-state index contributed by atoms with van der Waals surface area (Å²) >= 11 is -6.24. The SMILES string of the molecule is C=I1(c2ccc(I3(=C)CCC[N+](C)(O)CC3)c3c2C(=O)c2c(O)ccc(O)c2C3=O)CCC[N+](C)(O)CC1. The fourth-order valence-corrected chi connectivity index (χ4v) is 21.9. The summed E-state index contributed by atoms with van der Waals surface area (Å²) in [4.78, 5) is 28.5. The number of hydrogen-bond donors (Lipinski definition) is 4. The van der Waals surface area contributed by atoms with Crippen LogP contribution in [0.3, 0.4) is 0 Å². The molecule has 5 rings (SSSR count). The molecule has 2 saturated heterocycles. The fourth-order valence-electron chi connectivity index (χ4n) is 5.77. The van der Waals surface area contributed by atoms with Gasteiger partial charge in [-0.05, 0) is 0 Å². The van der Waals surface area contributed by atoms with Crippen LogP contribution in [-0.4, -0.2) is 109 Å². The molecule has 3 aliphatic rings. The minimum atomic E-state index is -3.12. The first-order chi connectivity index (χ1) is 17.7. The number of carbonyl (C=O) groups excluding carboxylic acids is 2. The van der Waals surface area contributed by atoms with E-state index in [0.29, 0.717) is 46.2 Å². The van der Waals surface area contributed by atoms with Gasteiger partial charge in [0.1, 0.15) is 0 Å². The first-order valence-corrected chi connectivity index (χ1v) is 24.0. The van der Waals surface area contributed by atoms with Crippen molar-refractivity contribution in [3.63, 3.8) is 0 Å². The molecule has 4 atom stereocenters. The quantitative estimate of drug-likeness (QED) is 0.138. The van der Waals surface area contributed by atoms with E-state index in [2.05, 4.69) is 0 Å². The van der Waals surface area contributed by atoms with Crippen LogP contribution in [0.4, 0.5) is 0 Å². The summed E-state index contributed by atoms with van der Waals surface area (Å²) in [5.74, 6) is -1.54. The van der Waals surface area contributed by atoms with Gasteiger partial charge in [0.2, 0.25) is 0 Å². The van der Waals surface area contributed by atoms with Gasteiger partial charge in [-0.2, -0.15) is 0 Å². The Morgan fingerprint density at radius 2 is 1.00 bits per heavy atom. The number of ketones is 2. The van der Waals surface area contributed by atoms with E-state index in [1.165, 1.54) is 12.1 Å². The zero-order chi connectivity index (χ0) is 27.7. The number of nitrogens with zero attached hydrogens (tertiary/aromatic N) is 2. The molecule has 0 aromatic heterocycles. The molecular formula is C28H38I2N2O6+2. The summed E-state index contributed by atoms with van der Waals surface area (Å²) < 4.78 is 14.0. The number of halogens is 2. The average Bonchev–Trinajstić information content (AvgIpc) is 3.08. The molecule has 4 unspecified atom stereocenters. The van der Waals surface area contributed by atoms with Crippen molar-refractivity contribution in [2.75, 3.05) is 58.0 Å². The Morgan fingerprint density at radius 1 is 0.632 bits per heavy atom. The number of aromatic hydroxyl groups is 2. The van der Waals surface area contributed by atoms with E-state index in [-0.39, 0.29) is 31.9 Å². The minimum absolute atomic E-state index is 0.0829. The van der Waals surface area contributed by atoms with E-state index in [4.69, 9.17) is 9.03 Å². The predicted octanol–water partition coefficient (Wildman–Crippen LogP) is 3.64. The molecule has 0 spiro atoms. The predicted molar refractivity (Wildman–Crippen MR) is 167 cm³/mol. The molecule has 2 aliphatic heterocycles. The van der Waals surface area contributed by atoms with Crippen LogP contribution >= 0.6 is 35.9 Å². The van der Waals surface area contributed by atoms with Gasteiger partial charge in [0, 0.05) is 0 Å². The molecule has 2 fully saturated rings. The van der Waals surface area contributed by atoms with Crippen LogP contribution in [0.1, 0.15) is 44.7 Å². The molecule has 2 aromatic rings. The number of quaternary nitrogens is 2. The van der Waals surface area contributed by atoms with E-state index >= 15 is 0 Å². The Balaban J connectivity index is 1.77. The second kappa shape index (κ2) is 9.51. The maximum atomic E-state index is 14.2. The zero-order valence-corrected chi connectivity index (χ0v) is 26.4. The number of phenolic OH excluding ortho intramolecular Hbond substituents is 2. The average molecular weight is 752 g/mol. The second-order valence-corrected chi connectivity index (χ2v) is 29.0. The third-order valence-electron chi connectivity index (χ3n) is 8.16. The van der Waals surface area contributed by atoms with Crippen molar-refractivity contribution in [2.45, 2.75) is 12.8 Å². The molecule has 208 valence electrons. The summed E-state index contributed by atoms with van der Waals surface area (Å²) in [6.45, 7) is 2.29. The van der Waals surface area contributed by atoms with Crippen molar-refractivity contribution in [2.24, 2.45) is 0 Å². The van der Waals surface area contributed by atoms with E-state index in [1.54, 1.807) is 14.1 Å². The molecule has 8 nitrogen and oxygen atoms in total. The number of alkyl halides is 4. The van der Waals surface area contributed by atoms with Crippen LogP contribution in [0.25, 0.3) is 0 Å². The number of hydroxylamine groups is 6. The van der Waals surface area contributed by atoms with Crippen LogP contribution in [0.5, 0.6) is 11.5 Å². The molecule has 0 bridgehead atoms. The number of carbonyl (C=O) groups is 2. The van der Waals surface area contributed by atoms with Crippen molar-refractivity contribution >= 4 is 56.5 Å². The monoisotopic (exact) mass is 752 g/mol. The molecular weight excluding hydrogens is 714 g/mol. The zero-order valence-electron chi connectivity index (χ0n) is 22.1. The first-order valence-electron chi connectivity index (χ1n) is 12.7. The van der Waals surface area contributed by atoms with Crippen molar-refractivity contribution in [3.8, 4) is 11.5 Å². The Morgan fingerprint density at radius 3 is 1.37 bits per heavy atom. The molecule has 2 aromatic carbocycles. The normalized spacial score (nSPS) is 37.1. The number of hydrogen-bond acceptors (Lipinski definition) is 6. The second-order valence-electron chi connectivity index (χ2n) is 11.3. The Bertz CT molecular complexity index is 1350. The van der Waals surface area contributed by atoms with Crippen LogP contribution in [0.15, 0.2) is 24.3 Å². The first kappa shape index (κ1) is 28.0. The molecule has 0 saturated carbocycles. The summed E-state index contributed by atoms with van der Waals surface area (Å²) in [6.07, 6.45) is 1.55. The molecule has 0 radical (unpaired) electrons. The van der Waals surface area contributed by atoms with Gasteiger partial charge in [-0.1, -0.05) is 0 Å². The molecule has 1 aliphatic carbocycles. The summed E-state index contributed by atoms with van der Waals surface area (Å²) in [5.41, 5.74) is 0.372. The van der Waals surface area contributed by atoms with Crippen LogP contribution in [0, 0.1) is 7.14 Å². The number of rotatable bonds is 2. The molecule has 10 heteroatoms. The van der Waals surface area contributed by atoms with E-state index < -0.39 is 47.5 Å². The third-order valence-corrected chi connectivity index (χ3v) is 25.6. The van der Waals surface area contributed by atoms with Gasteiger partial charge in [-0.25, -0.2) is 0 Å². The van der Waals surface area contributed by atoms with Crippen LogP contribution in [-0.2, 0) is 0 Å². The summed E-state index contributed by atoms with van der Waals surface area (Å²) in [7, 11) is 3.58. The van der Waals surface area contributed by atoms with Gasteiger partial charge >= 0.3 is 232 Å². The van der Waals surface area contributed by atoms with Crippen LogP contribution in [0.2, 0.25) is 0 Å². The molecule has 4 N–H and O–H groups in total. The van der Waals surface area contributed by atoms with Crippen molar-refractivity contribution in [1.29, 1.82) is 0 Å². The summed E-state index contributed by atoms with van der Waals surface area (Å²) in [5, 5.41) is 42.8. The standard InChI is InChI=1S/C28H36I2N2O6/c1-29(11-5-15-31(3,37)17-13-29)19-7-8-20(30(2)12-6-16-32(4,38)18-14-30)24-23(19)27(35)25-21(33)9-10-22(34)26(25)28(24)36/h7-10,37-38H,1-2,5-6,11-18H2,3-4H3/p+2. The summed E-state index contributed by atoms with van der Waals surface area (Å²) in [6, 6.07) is 6.49. The van der Waals surface area contributed by atoms with Crippen molar-refractivity contribution in [1.82, 2.24) is 0 Å². The van der Waals surface area contributed by atoms with E-state index in [1.807, 2.05) is 12.1 Å². The van der Waals surface area contributed by atoms with Gasteiger partial charge < -0.3 is 0 Å². The molecule has 38 heavy (non-hydrogen) atoms. The number of phenols is 2. The van der Waals surface area contributed by atoms with Gasteiger partial charge in [0.05, 0.1) is 0 Å². The maximum absolute atomic E-state index is 14.2.